The van der Waals surface area contributed by atoms with Crippen molar-refractivity contribution < 1.29 is 5.11 Å². The summed E-state index contributed by atoms with van der Waals surface area (Å²) in [5.41, 5.74) is 5.20. The van der Waals surface area contributed by atoms with Crippen molar-refractivity contribution in [3.05, 3.63) is 66.2 Å². The average Bonchev–Trinajstić information content (AvgIpc) is 3.48. The fourth-order valence-corrected chi connectivity index (χ4v) is 4.62. The third-order valence-corrected chi connectivity index (χ3v) is 6.31. The molecule has 1 atom stereocenters. The molecule has 0 radical (unpaired) electrons. The van der Waals surface area contributed by atoms with Gasteiger partial charge in [0.15, 0.2) is 11.5 Å². The molecule has 1 aromatic carbocycles. The van der Waals surface area contributed by atoms with Crippen LogP contribution in [-0.2, 0) is 6.54 Å². The van der Waals surface area contributed by atoms with E-state index in [2.05, 4.69) is 43.4 Å². The van der Waals surface area contributed by atoms with Crippen LogP contribution >= 0.6 is 0 Å². The van der Waals surface area contributed by atoms with E-state index in [9.17, 15) is 5.11 Å². The highest BCUT2D eigenvalue weighted by Gasteiger charge is 2.28. The Kier molecular flexibility index (Phi) is 4.62. The van der Waals surface area contributed by atoms with Gasteiger partial charge < -0.3 is 19.7 Å². The van der Waals surface area contributed by atoms with Crippen molar-refractivity contribution in [2.45, 2.75) is 31.9 Å². The molecule has 166 valence electrons. The molecular weight excluding hydrogens is 414 g/mol. The molecule has 0 saturated carbocycles. The summed E-state index contributed by atoms with van der Waals surface area (Å²) < 4.78 is 1.98. The van der Waals surface area contributed by atoms with Gasteiger partial charge in [0.2, 0.25) is 0 Å². The second-order valence-corrected chi connectivity index (χ2v) is 9.07. The van der Waals surface area contributed by atoms with Crippen LogP contribution in [0.15, 0.2) is 60.1 Å². The van der Waals surface area contributed by atoms with Crippen LogP contribution in [0.5, 0.6) is 0 Å². The largest absolute Gasteiger partial charge is 0.388 e. The van der Waals surface area contributed by atoms with E-state index in [1.54, 1.807) is 12.4 Å². The molecular formula is C25H25N7O. The smallest absolute Gasteiger partial charge is 0.180 e. The highest BCUT2D eigenvalue weighted by Crippen LogP contribution is 2.28. The van der Waals surface area contributed by atoms with Crippen molar-refractivity contribution in [2.24, 2.45) is 4.99 Å². The molecule has 6 rings (SSSR count). The number of anilines is 3. The van der Waals surface area contributed by atoms with Gasteiger partial charge in [0.25, 0.3) is 0 Å². The van der Waals surface area contributed by atoms with E-state index >= 15 is 0 Å². The zero-order valence-electron chi connectivity index (χ0n) is 18.4. The van der Waals surface area contributed by atoms with E-state index in [1.165, 1.54) is 11.1 Å². The normalized spacial score (nSPS) is 19.8. The molecule has 5 heterocycles. The molecule has 2 aliphatic heterocycles. The van der Waals surface area contributed by atoms with Gasteiger partial charge in [0.05, 0.1) is 29.7 Å². The number of piperidine rings is 1. The molecule has 8 nitrogen and oxygen atoms in total. The number of nitrogens with zero attached hydrogens (tertiary/aromatic N) is 6. The molecule has 0 bridgehead atoms. The number of fused-ring (bicyclic) bond motifs is 2. The molecule has 0 amide bonds. The van der Waals surface area contributed by atoms with Crippen LogP contribution in [0.1, 0.15) is 30.9 Å². The molecule has 1 fully saturated rings. The molecule has 8 heteroatoms. The molecule has 0 spiro atoms. The van der Waals surface area contributed by atoms with Gasteiger partial charge in [-0.15, -0.1) is 0 Å². The first-order valence-electron chi connectivity index (χ1n) is 11.2. The first kappa shape index (κ1) is 19.9. The summed E-state index contributed by atoms with van der Waals surface area (Å²) in [4.78, 5) is 20.5. The number of aromatic nitrogens is 4. The number of β-amino-alcohol motifs (C(OH)–C–C–N with tert-alkyl or cyclic N) is 1. The quantitative estimate of drug-likeness (QED) is 0.502. The molecule has 2 aliphatic rings. The molecule has 0 aliphatic carbocycles. The molecule has 0 unspecified atom stereocenters. The maximum absolute atomic E-state index is 10.4. The Morgan fingerprint density at radius 1 is 1.15 bits per heavy atom. The van der Waals surface area contributed by atoms with Crippen molar-refractivity contribution in [1.29, 1.82) is 0 Å². The van der Waals surface area contributed by atoms with Crippen molar-refractivity contribution in [2.75, 3.05) is 23.3 Å². The average molecular weight is 440 g/mol. The lowest BCUT2D eigenvalue weighted by molar-refractivity contribution is 0.0447. The molecule has 3 aromatic heterocycles. The number of aliphatic imine (C=N–C) groups is 1. The first-order valence-corrected chi connectivity index (χ1v) is 11.2. The lowest BCUT2D eigenvalue weighted by atomic mass is 9.95. The van der Waals surface area contributed by atoms with Gasteiger partial charge in [-0.3, -0.25) is 4.99 Å². The summed E-state index contributed by atoms with van der Waals surface area (Å²) >= 11 is 0. The molecule has 4 aromatic rings. The second kappa shape index (κ2) is 7.67. The summed E-state index contributed by atoms with van der Waals surface area (Å²) in [7, 11) is 0. The number of rotatable bonds is 4. The van der Waals surface area contributed by atoms with Gasteiger partial charge in [-0.25, -0.2) is 15.0 Å². The van der Waals surface area contributed by atoms with Crippen molar-refractivity contribution in [3.8, 4) is 11.3 Å². The number of hydrogen-bond donors (Lipinski definition) is 2. The minimum absolute atomic E-state index is 0.594. The third kappa shape index (κ3) is 3.82. The Labute approximate surface area is 191 Å². The van der Waals surface area contributed by atoms with E-state index in [-0.39, 0.29) is 0 Å². The van der Waals surface area contributed by atoms with Crippen LogP contribution in [-0.4, -0.2) is 49.4 Å². The lowest BCUT2D eigenvalue weighted by Gasteiger charge is -2.37. The Morgan fingerprint density at radius 3 is 2.94 bits per heavy atom. The Balaban J connectivity index is 1.29. The van der Waals surface area contributed by atoms with E-state index in [1.807, 2.05) is 42.1 Å². The van der Waals surface area contributed by atoms with Gasteiger partial charge in [-0.1, -0.05) is 12.1 Å². The monoisotopic (exact) mass is 439 g/mol. The predicted molar refractivity (Wildman–Crippen MR) is 129 cm³/mol. The maximum atomic E-state index is 10.4. The number of pyridine rings is 1. The number of benzene rings is 1. The van der Waals surface area contributed by atoms with E-state index in [0.717, 1.165) is 47.8 Å². The van der Waals surface area contributed by atoms with Crippen LogP contribution in [0, 0.1) is 0 Å². The summed E-state index contributed by atoms with van der Waals surface area (Å²) in [5, 5.41) is 13.8. The van der Waals surface area contributed by atoms with E-state index in [4.69, 9.17) is 4.98 Å². The zero-order chi connectivity index (χ0) is 22.4. The predicted octanol–water partition coefficient (Wildman–Crippen LogP) is 3.82. The van der Waals surface area contributed by atoms with Gasteiger partial charge in [-0.05, 0) is 49.1 Å². The Hall–Kier alpha value is -3.78. The minimum Gasteiger partial charge on any atom is -0.388 e. The van der Waals surface area contributed by atoms with Crippen molar-refractivity contribution in [1.82, 2.24) is 19.4 Å². The van der Waals surface area contributed by atoms with Crippen LogP contribution in [0.4, 0.5) is 17.3 Å². The van der Waals surface area contributed by atoms with E-state index < -0.39 is 5.60 Å². The van der Waals surface area contributed by atoms with Gasteiger partial charge in [0.1, 0.15) is 5.82 Å². The number of aliphatic hydroxyl groups is 1. The van der Waals surface area contributed by atoms with Crippen LogP contribution in [0.2, 0.25) is 0 Å². The van der Waals surface area contributed by atoms with Crippen LogP contribution in [0.3, 0.4) is 0 Å². The van der Waals surface area contributed by atoms with Gasteiger partial charge in [-0.2, -0.15) is 0 Å². The SMILES string of the molecule is C[C@]1(O)CCCN(c2ccc(Nc3nc(-c4ccc5c(c4)CN=C5)cn4ccnc34)cn2)C1. The molecule has 1 saturated heterocycles. The van der Waals surface area contributed by atoms with Gasteiger partial charge >= 0.3 is 0 Å². The number of nitrogens with one attached hydrogen (secondary N) is 1. The van der Waals surface area contributed by atoms with E-state index in [0.29, 0.717) is 18.9 Å². The summed E-state index contributed by atoms with van der Waals surface area (Å²) in [6.45, 7) is 4.10. The van der Waals surface area contributed by atoms with Crippen LogP contribution < -0.4 is 10.2 Å². The number of hydrogen-bond acceptors (Lipinski definition) is 7. The zero-order valence-corrected chi connectivity index (χ0v) is 18.4. The Morgan fingerprint density at radius 2 is 2.09 bits per heavy atom. The summed E-state index contributed by atoms with van der Waals surface area (Å²) in [6.07, 6.45) is 11.2. The second-order valence-electron chi connectivity index (χ2n) is 9.07. The first-order chi connectivity index (χ1) is 16.0. The topological polar surface area (TPSA) is 90.9 Å². The summed E-state index contributed by atoms with van der Waals surface area (Å²) in [6, 6.07) is 10.3. The highest BCUT2D eigenvalue weighted by atomic mass is 16.3. The van der Waals surface area contributed by atoms with Crippen molar-refractivity contribution >= 4 is 29.2 Å². The Bertz CT molecular complexity index is 1360. The highest BCUT2D eigenvalue weighted by molar-refractivity contribution is 5.86. The number of imidazole rings is 1. The standard InChI is InChI=1S/C25H25N7O/c1-25(33)7-2-9-32(16-25)22-6-5-20(14-28-22)29-23-24-27-8-10-31(24)15-21(30-23)17-3-4-18-12-26-13-19(18)11-17/h3-6,8,10-12,14-15,33H,2,7,9,13,16H2,1H3,(H,29,30)/t25-/m0/s1. The summed E-state index contributed by atoms with van der Waals surface area (Å²) in [5.74, 6) is 1.54. The van der Waals surface area contributed by atoms with Crippen molar-refractivity contribution in [3.63, 3.8) is 0 Å². The molecule has 2 N–H and O–H groups in total. The maximum Gasteiger partial charge on any atom is 0.180 e. The van der Waals surface area contributed by atoms with Gasteiger partial charge in [0, 0.05) is 43.5 Å². The lowest BCUT2D eigenvalue weighted by Crippen LogP contribution is -2.46. The third-order valence-electron chi connectivity index (χ3n) is 6.31. The van der Waals surface area contributed by atoms with Crippen LogP contribution in [0.25, 0.3) is 16.9 Å². The minimum atomic E-state index is -0.669. The fourth-order valence-electron chi connectivity index (χ4n) is 4.62. The molecule has 33 heavy (non-hydrogen) atoms. The fraction of sp³-hybridized carbons (Fsp3) is 0.280.